The van der Waals surface area contributed by atoms with E-state index in [1.54, 1.807) is 12.1 Å². The lowest BCUT2D eigenvalue weighted by molar-refractivity contribution is 0.194. The van der Waals surface area contributed by atoms with Crippen molar-refractivity contribution in [1.29, 1.82) is 0 Å². The van der Waals surface area contributed by atoms with Crippen molar-refractivity contribution >= 4 is 29.3 Å². The third kappa shape index (κ3) is 5.88. The molecule has 0 unspecified atom stereocenters. The highest BCUT2D eigenvalue weighted by Crippen LogP contribution is 2.34. The van der Waals surface area contributed by atoms with Gasteiger partial charge in [0.25, 0.3) is 0 Å². The van der Waals surface area contributed by atoms with Crippen molar-refractivity contribution in [3.63, 3.8) is 0 Å². The fourth-order valence-electron chi connectivity index (χ4n) is 1.70. The molecule has 0 saturated heterocycles. The molecule has 0 saturated carbocycles. The van der Waals surface area contributed by atoms with Gasteiger partial charge in [-0.05, 0) is 36.5 Å². The third-order valence-electron chi connectivity index (χ3n) is 2.67. The molecule has 0 aliphatic heterocycles. The van der Waals surface area contributed by atoms with E-state index >= 15 is 0 Å². The van der Waals surface area contributed by atoms with Crippen LogP contribution in [0.15, 0.2) is 12.1 Å². The molecular weight excluding hydrogens is 301 g/mol. The van der Waals surface area contributed by atoms with Gasteiger partial charge in [0.2, 0.25) is 0 Å². The topological polar surface area (TPSA) is 58.6 Å². The Bertz CT molecular complexity index is 441. The smallest absolute Gasteiger partial charge is 0.404 e. The maximum atomic E-state index is 10.4. The number of amides is 1. The van der Waals surface area contributed by atoms with Crippen LogP contribution in [0.2, 0.25) is 10.0 Å². The number of benzene rings is 1. The minimum Gasteiger partial charge on any atom is -0.490 e. The molecule has 20 heavy (non-hydrogen) atoms. The zero-order valence-corrected chi connectivity index (χ0v) is 13.1. The van der Waals surface area contributed by atoms with Crippen molar-refractivity contribution < 1.29 is 14.6 Å². The summed E-state index contributed by atoms with van der Waals surface area (Å²) in [6, 6.07) is 3.31. The Morgan fingerprint density at radius 1 is 1.35 bits per heavy atom. The number of halogens is 2. The number of hydrogen-bond donors (Lipinski definition) is 2. The van der Waals surface area contributed by atoms with E-state index in [0.717, 1.165) is 12.8 Å². The number of carboxylic acid groups (broad SMARTS) is 1. The molecule has 0 fully saturated rings. The number of hydrogen-bond acceptors (Lipinski definition) is 2. The number of ether oxygens (including phenoxy) is 1. The summed E-state index contributed by atoms with van der Waals surface area (Å²) >= 11 is 12.2. The molecule has 0 heterocycles. The van der Waals surface area contributed by atoms with E-state index in [0.29, 0.717) is 33.9 Å². The van der Waals surface area contributed by atoms with Gasteiger partial charge in [-0.25, -0.2) is 4.79 Å². The van der Waals surface area contributed by atoms with Crippen LogP contribution in [0.5, 0.6) is 5.75 Å². The summed E-state index contributed by atoms with van der Waals surface area (Å²) in [5, 5.41) is 11.6. The van der Waals surface area contributed by atoms with Crippen molar-refractivity contribution in [3.05, 3.63) is 27.7 Å². The standard InChI is InChI=1S/C14H19Cl2NO3/c1-9(2)4-3-5-20-13-11(15)6-10(7-12(13)16)8-17-14(18)19/h6-7,9,17H,3-5,8H2,1-2H3,(H,18,19). The molecule has 1 amide bonds. The Morgan fingerprint density at radius 2 is 1.95 bits per heavy atom. The van der Waals surface area contributed by atoms with Crippen molar-refractivity contribution in [1.82, 2.24) is 5.32 Å². The lowest BCUT2D eigenvalue weighted by atomic mass is 10.1. The van der Waals surface area contributed by atoms with E-state index in [-0.39, 0.29) is 6.54 Å². The fraction of sp³-hybridized carbons (Fsp3) is 0.500. The van der Waals surface area contributed by atoms with Crippen LogP contribution < -0.4 is 10.1 Å². The van der Waals surface area contributed by atoms with Gasteiger partial charge < -0.3 is 15.2 Å². The number of nitrogens with one attached hydrogen (secondary N) is 1. The fourth-order valence-corrected chi connectivity index (χ4v) is 2.34. The zero-order chi connectivity index (χ0) is 15.1. The van der Waals surface area contributed by atoms with Crippen LogP contribution in [-0.2, 0) is 6.54 Å². The number of carbonyl (C=O) groups is 1. The van der Waals surface area contributed by atoms with Crippen LogP contribution in [0, 0.1) is 5.92 Å². The van der Waals surface area contributed by atoms with Gasteiger partial charge in [-0.15, -0.1) is 0 Å². The summed E-state index contributed by atoms with van der Waals surface area (Å²) < 4.78 is 5.60. The molecule has 1 aromatic carbocycles. The van der Waals surface area contributed by atoms with Crippen LogP contribution in [0.1, 0.15) is 32.3 Å². The molecule has 0 aromatic heterocycles. The molecule has 0 aliphatic rings. The third-order valence-corrected chi connectivity index (χ3v) is 3.24. The molecule has 1 rings (SSSR count). The lowest BCUT2D eigenvalue weighted by Gasteiger charge is -2.12. The highest BCUT2D eigenvalue weighted by atomic mass is 35.5. The van der Waals surface area contributed by atoms with Gasteiger partial charge in [0, 0.05) is 6.54 Å². The quantitative estimate of drug-likeness (QED) is 0.723. The second kappa shape index (κ2) is 8.22. The second-order valence-electron chi connectivity index (χ2n) is 4.93. The molecule has 0 spiro atoms. The monoisotopic (exact) mass is 319 g/mol. The predicted molar refractivity (Wildman–Crippen MR) is 80.9 cm³/mol. The van der Waals surface area contributed by atoms with Gasteiger partial charge in [0.05, 0.1) is 16.7 Å². The highest BCUT2D eigenvalue weighted by molar-refractivity contribution is 6.37. The molecule has 4 nitrogen and oxygen atoms in total. The summed E-state index contributed by atoms with van der Waals surface area (Å²) in [5.74, 6) is 1.09. The molecule has 6 heteroatoms. The predicted octanol–water partition coefficient (Wildman–Crippen LogP) is 4.58. The van der Waals surface area contributed by atoms with Gasteiger partial charge >= 0.3 is 6.09 Å². The summed E-state index contributed by atoms with van der Waals surface area (Å²) in [5.41, 5.74) is 0.692. The van der Waals surface area contributed by atoms with Crippen LogP contribution in [0.3, 0.4) is 0 Å². The Balaban J connectivity index is 2.61. The van der Waals surface area contributed by atoms with E-state index in [4.69, 9.17) is 33.0 Å². The van der Waals surface area contributed by atoms with Crippen LogP contribution >= 0.6 is 23.2 Å². The van der Waals surface area contributed by atoms with Gasteiger partial charge in [0.1, 0.15) is 0 Å². The van der Waals surface area contributed by atoms with Crippen molar-refractivity contribution in [2.24, 2.45) is 5.92 Å². The van der Waals surface area contributed by atoms with Crippen molar-refractivity contribution in [2.45, 2.75) is 33.2 Å². The Kier molecular flexibility index (Phi) is 6.96. The van der Waals surface area contributed by atoms with E-state index in [1.165, 1.54) is 0 Å². The first kappa shape index (κ1) is 16.9. The molecule has 0 radical (unpaired) electrons. The van der Waals surface area contributed by atoms with E-state index in [9.17, 15) is 4.79 Å². The zero-order valence-electron chi connectivity index (χ0n) is 11.6. The molecule has 0 aliphatic carbocycles. The molecule has 0 bridgehead atoms. The van der Waals surface area contributed by atoms with E-state index in [2.05, 4.69) is 19.2 Å². The van der Waals surface area contributed by atoms with Gasteiger partial charge in [-0.2, -0.15) is 0 Å². The van der Waals surface area contributed by atoms with Gasteiger partial charge in [-0.3, -0.25) is 0 Å². The van der Waals surface area contributed by atoms with Gasteiger partial charge in [0.15, 0.2) is 5.75 Å². The first-order valence-electron chi connectivity index (χ1n) is 6.47. The van der Waals surface area contributed by atoms with Gasteiger partial charge in [-0.1, -0.05) is 37.0 Å². The van der Waals surface area contributed by atoms with E-state index in [1.807, 2.05) is 0 Å². The average Bonchev–Trinajstić information content (AvgIpc) is 2.34. The van der Waals surface area contributed by atoms with Crippen LogP contribution in [-0.4, -0.2) is 17.8 Å². The van der Waals surface area contributed by atoms with Crippen molar-refractivity contribution in [2.75, 3.05) is 6.61 Å². The number of rotatable bonds is 7. The molecular formula is C14H19Cl2NO3. The second-order valence-corrected chi connectivity index (χ2v) is 5.75. The Labute approximate surface area is 129 Å². The van der Waals surface area contributed by atoms with Crippen LogP contribution in [0.4, 0.5) is 4.79 Å². The molecule has 2 N–H and O–H groups in total. The Morgan fingerprint density at radius 3 is 2.45 bits per heavy atom. The first-order chi connectivity index (χ1) is 9.40. The summed E-state index contributed by atoms with van der Waals surface area (Å²) in [6.07, 6.45) is 0.925. The summed E-state index contributed by atoms with van der Waals surface area (Å²) in [7, 11) is 0. The minimum absolute atomic E-state index is 0.155. The molecule has 1 aromatic rings. The van der Waals surface area contributed by atoms with Crippen LogP contribution in [0.25, 0.3) is 0 Å². The maximum Gasteiger partial charge on any atom is 0.404 e. The van der Waals surface area contributed by atoms with Crippen molar-refractivity contribution in [3.8, 4) is 5.75 Å². The highest BCUT2D eigenvalue weighted by Gasteiger charge is 2.10. The molecule has 112 valence electrons. The lowest BCUT2D eigenvalue weighted by Crippen LogP contribution is -2.19. The SMILES string of the molecule is CC(C)CCCOc1c(Cl)cc(CNC(=O)O)cc1Cl. The largest absolute Gasteiger partial charge is 0.490 e. The maximum absolute atomic E-state index is 10.4. The average molecular weight is 320 g/mol. The molecule has 0 atom stereocenters. The normalized spacial score (nSPS) is 10.7. The first-order valence-corrected chi connectivity index (χ1v) is 7.23. The minimum atomic E-state index is -1.09. The Hall–Kier alpha value is -1.13. The summed E-state index contributed by atoms with van der Waals surface area (Å²) in [4.78, 5) is 10.4. The summed E-state index contributed by atoms with van der Waals surface area (Å²) in [6.45, 7) is 5.03. The van der Waals surface area contributed by atoms with E-state index < -0.39 is 6.09 Å².